The average Bonchev–Trinajstić information content (AvgIpc) is 2.88. The molecule has 0 aliphatic carbocycles. The summed E-state index contributed by atoms with van der Waals surface area (Å²) in [6.07, 6.45) is 2.65. The smallest absolute Gasteiger partial charge is 0.0428 e. The lowest BCUT2D eigenvalue weighted by molar-refractivity contribution is 0.533. The zero-order valence-electron chi connectivity index (χ0n) is 12.9. The molecule has 1 heterocycles. The van der Waals surface area contributed by atoms with Crippen LogP contribution in [0, 0.1) is 12.8 Å². The van der Waals surface area contributed by atoms with Crippen molar-refractivity contribution >= 4 is 5.69 Å². The van der Waals surface area contributed by atoms with Gasteiger partial charge in [-0.2, -0.15) is 0 Å². The molecule has 1 aliphatic heterocycles. The first-order valence-corrected chi connectivity index (χ1v) is 7.61. The predicted octanol–water partition coefficient (Wildman–Crippen LogP) is 3.55. The molecule has 1 aromatic carbocycles. The van der Waals surface area contributed by atoms with Crippen LogP contribution < -0.4 is 10.2 Å². The van der Waals surface area contributed by atoms with Gasteiger partial charge in [0.15, 0.2) is 0 Å². The van der Waals surface area contributed by atoms with Gasteiger partial charge in [0.25, 0.3) is 0 Å². The molecule has 19 heavy (non-hydrogen) atoms. The van der Waals surface area contributed by atoms with Gasteiger partial charge in [0, 0.05) is 19.3 Å². The fourth-order valence-electron chi connectivity index (χ4n) is 3.12. The number of para-hydroxylation sites is 1. The molecule has 0 spiro atoms. The lowest BCUT2D eigenvalue weighted by Gasteiger charge is -2.27. The molecule has 2 nitrogen and oxygen atoms in total. The summed E-state index contributed by atoms with van der Waals surface area (Å²) in [7, 11) is 2.25. The van der Waals surface area contributed by atoms with Gasteiger partial charge in [-0.15, -0.1) is 0 Å². The summed E-state index contributed by atoms with van der Waals surface area (Å²) >= 11 is 0. The average molecular weight is 260 g/mol. The number of aryl methyl sites for hydroxylation is 1. The number of rotatable bonds is 5. The third-order valence-electron chi connectivity index (χ3n) is 4.31. The highest BCUT2D eigenvalue weighted by Gasteiger charge is 2.17. The molecule has 1 atom stereocenters. The molecule has 1 saturated heterocycles. The van der Waals surface area contributed by atoms with Crippen LogP contribution >= 0.6 is 0 Å². The predicted molar refractivity (Wildman–Crippen MR) is 84.1 cm³/mol. The number of hydrogen-bond donors (Lipinski definition) is 1. The Morgan fingerprint density at radius 2 is 2.16 bits per heavy atom. The first-order valence-electron chi connectivity index (χ1n) is 7.61. The van der Waals surface area contributed by atoms with Crippen molar-refractivity contribution in [2.24, 2.45) is 5.92 Å². The Bertz CT molecular complexity index is 406. The second kappa shape index (κ2) is 6.42. The topological polar surface area (TPSA) is 15.3 Å². The van der Waals surface area contributed by atoms with Gasteiger partial charge in [0.1, 0.15) is 0 Å². The van der Waals surface area contributed by atoms with Crippen LogP contribution in [0.3, 0.4) is 0 Å². The zero-order chi connectivity index (χ0) is 13.8. The second-order valence-corrected chi connectivity index (χ2v) is 6.24. The fraction of sp³-hybridized carbons (Fsp3) is 0.647. The van der Waals surface area contributed by atoms with Crippen LogP contribution in [-0.2, 0) is 0 Å². The molecule has 1 aliphatic rings. The number of hydrogen-bond acceptors (Lipinski definition) is 2. The molecule has 106 valence electrons. The summed E-state index contributed by atoms with van der Waals surface area (Å²) < 4.78 is 0. The van der Waals surface area contributed by atoms with Gasteiger partial charge in [-0.3, -0.25) is 0 Å². The summed E-state index contributed by atoms with van der Waals surface area (Å²) in [4.78, 5) is 2.46. The Morgan fingerprint density at radius 1 is 1.37 bits per heavy atom. The maximum absolute atomic E-state index is 3.46. The van der Waals surface area contributed by atoms with Crippen molar-refractivity contribution in [3.8, 4) is 0 Å². The van der Waals surface area contributed by atoms with E-state index in [2.05, 4.69) is 56.2 Å². The fourth-order valence-corrected chi connectivity index (χ4v) is 3.12. The van der Waals surface area contributed by atoms with Gasteiger partial charge in [-0.05, 0) is 55.8 Å². The number of nitrogens with zero attached hydrogens (tertiary/aromatic N) is 1. The van der Waals surface area contributed by atoms with Crippen molar-refractivity contribution in [1.29, 1.82) is 0 Å². The third kappa shape index (κ3) is 3.50. The van der Waals surface area contributed by atoms with Gasteiger partial charge in [-0.1, -0.05) is 32.0 Å². The van der Waals surface area contributed by atoms with Crippen molar-refractivity contribution < 1.29 is 0 Å². The van der Waals surface area contributed by atoms with E-state index in [1.807, 2.05) is 0 Å². The van der Waals surface area contributed by atoms with Crippen molar-refractivity contribution in [3.63, 3.8) is 0 Å². The van der Waals surface area contributed by atoms with E-state index in [-0.39, 0.29) is 0 Å². The van der Waals surface area contributed by atoms with E-state index >= 15 is 0 Å². The van der Waals surface area contributed by atoms with Crippen LogP contribution in [0.25, 0.3) is 0 Å². The molecule has 1 N–H and O–H groups in total. The van der Waals surface area contributed by atoms with Crippen molar-refractivity contribution in [1.82, 2.24) is 5.32 Å². The molecule has 2 rings (SSSR count). The number of nitrogens with one attached hydrogen (secondary N) is 1. The monoisotopic (exact) mass is 260 g/mol. The Balaban J connectivity index is 2.06. The molecule has 0 bridgehead atoms. The van der Waals surface area contributed by atoms with Crippen LogP contribution in [-0.4, -0.2) is 26.7 Å². The molecular formula is C17H28N2. The Hall–Kier alpha value is -1.02. The molecule has 0 aromatic heterocycles. The lowest BCUT2D eigenvalue weighted by Crippen LogP contribution is -2.24. The summed E-state index contributed by atoms with van der Waals surface area (Å²) in [6, 6.07) is 6.69. The molecule has 1 fully saturated rings. The SMILES string of the molecule is Cc1cccc(C(C)C)c1N(C)CCC1CCNC1. The third-order valence-corrected chi connectivity index (χ3v) is 4.31. The van der Waals surface area contributed by atoms with Crippen molar-refractivity contribution in [3.05, 3.63) is 29.3 Å². The molecule has 1 aromatic rings. The zero-order valence-corrected chi connectivity index (χ0v) is 12.9. The Labute approximate surface area is 118 Å². The molecule has 2 heteroatoms. The lowest BCUT2D eigenvalue weighted by atomic mass is 9.97. The second-order valence-electron chi connectivity index (χ2n) is 6.24. The molecule has 0 amide bonds. The summed E-state index contributed by atoms with van der Waals surface area (Å²) in [6.45, 7) is 10.4. The van der Waals surface area contributed by atoms with Crippen molar-refractivity contribution in [2.75, 3.05) is 31.6 Å². The van der Waals surface area contributed by atoms with Gasteiger partial charge in [0.2, 0.25) is 0 Å². The van der Waals surface area contributed by atoms with E-state index in [4.69, 9.17) is 0 Å². The minimum absolute atomic E-state index is 0.588. The summed E-state index contributed by atoms with van der Waals surface area (Å²) in [5.74, 6) is 1.46. The Morgan fingerprint density at radius 3 is 2.79 bits per heavy atom. The van der Waals surface area contributed by atoms with Gasteiger partial charge < -0.3 is 10.2 Å². The minimum atomic E-state index is 0.588. The highest BCUT2D eigenvalue weighted by Crippen LogP contribution is 2.30. The highest BCUT2D eigenvalue weighted by atomic mass is 15.1. The van der Waals surface area contributed by atoms with Gasteiger partial charge >= 0.3 is 0 Å². The first-order chi connectivity index (χ1) is 9.09. The number of anilines is 1. The van der Waals surface area contributed by atoms with Crippen LogP contribution in [0.15, 0.2) is 18.2 Å². The van der Waals surface area contributed by atoms with Crippen LogP contribution in [0.5, 0.6) is 0 Å². The minimum Gasteiger partial charge on any atom is -0.374 e. The van der Waals surface area contributed by atoms with Crippen LogP contribution in [0.2, 0.25) is 0 Å². The van der Waals surface area contributed by atoms with Crippen LogP contribution in [0.4, 0.5) is 5.69 Å². The normalized spacial score (nSPS) is 19.1. The van der Waals surface area contributed by atoms with Crippen LogP contribution in [0.1, 0.15) is 43.7 Å². The van der Waals surface area contributed by atoms with Gasteiger partial charge in [-0.25, -0.2) is 0 Å². The maximum Gasteiger partial charge on any atom is 0.0428 e. The first kappa shape index (κ1) is 14.4. The van der Waals surface area contributed by atoms with E-state index in [9.17, 15) is 0 Å². The van der Waals surface area contributed by atoms with E-state index in [1.54, 1.807) is 0 Å². The van der Waals surface area contributed by atoms with E-state index < -0.39 is 0 Å². The standard InChI is InChI=1S/C17H28N2/c1-13(2)16-7-5-6-14(3)17(16)19(4)11-9-15-8-10-18-12-15/h5-7,13,15,18H,8-12H2,1-4H3. The van der Waals surface area contributed by atoms with Crippen molar-refractivity contribution in [2.45, 2.75) is 39.5 Å². The number of benzene rings is 1. The molecular weight excluding hydrogens is 232 g/mol. The molecule has 0 saturated carbocycles. The largest absolute Gasteiger partial charge is 0.374 e. The molecule has 1 unspecified atom stereocenters. The van der Waals surface area contributed by atoms with Gasteiger partial charge in [0.05, 0.1) is 0 Å². The summed E-state index contributed by atoms with van der Waals surface area (Å²) in [5.41, 5.74) is 4.33. The quantitative estimate of drug-likeness (QED) is 0.871. The highest BCUT2D eigenvalue weighted by molar-refractivity contribution is 5.60. The van der Waals surface area contributed by atoms with E-state index in [0.717, 1.165) is 12.5 Å². The van der Waals surface area contributed by atoms with E-state index in [1.165, 1.54) is 42.7 Å². The maximum atomic E-state index is 3.46. The van der Waals surface area contributed by atoms with E-state index in [0.29, 0.717) is 5.92 Å². The molecule has 0 radical (unpaired) electrons. The summed E-state index contributed by atoms with van der Waals surface area (Å²) in [5, 5.41) is 3.46. The Kier molecular flexibility index (Phi) is 4.87.